The molecule has 0 saturated carbocycles. The van der Waals surface area contributed by atoms with Crippen LogP contribution in [0.5, 0.6) is 5.75 Å². The van der Waals surface area contributed by atoms with Crippen molar-refractivity contribution in [2.45, 2.75) is 19.0 Å². The third-order valence-corrected chi connectivity index (χ3v) is 6.22. The first-order valence-electron chi connectivity index (χ1n) is 10.9. The molecule has 0 radical (unpaired) electrons. The molecule has 0 saturated heterocycles. The van der Waals surface area contributed by atoms with Crippen LogP contribution >= 0.6 is 11.3 Å². The number of nitrogens with one attached hydrogen (secondary N) is 1. The Labute approximate surface area is 202 Å². The number of hydrogen-bond acceptors (Lipinski definition) is 5. The molecule has 0 aliphatic carbocycles. The van der Waals surface area contributed by atoms with Gasteiger partial charge in [-0.2, -0.15) is 0 Å². The first-order chi connectivity index (χ1) is 16.7. The fourth-order valence-corrected chi connectivity index (χ4v) is 4.36. The van der Waals surface area contributed by atoms with Crippen LogP contribution in [0.15, 0.2) is 96.6 Å². The Morgan fingerprint density at radius 2 is 1.79 bits per heavy atom. The van der Waals surface area contributed by atoms with E-state index in [-0.39, 0.29) is 18.2 Å². The molecule has 1 atom stereocenters. The third-order valence-electron chi connectivity index (χ3n) is 5.35. The molecule has 0 unspecified atom stereocenters. The Balaban J connectivity index is 1.65. The van der Waals surface area contributed by atoms with Crippen LogP contribution in [0, 0.1) is 0 Å². The molecule has 0 aliphatic rings. The largest absolute Gasteiger partial charge is 0.497 e. The van der Waals surface area contributed by atoms with E-state index in [1.54, 1.807) is 36.5 Å². The van der Waals surface area contributed by atoms with Gasteiger partial charge < -0.3 is 10.1 Å². The Morgan fingerprint density at radius 3 is 2.44 bits per heavy atom. The first kappa shape index (κ1) is 23.2. The average molecular weight is 472 g/mol. The standard InChI is InChI=1S/C27H25N3O3S/c1-33-23-13-11-20(12-14-23)18-29-27(32)26(21-7-3-2-4-8-21)30(22-9-5-15-28-19-22)25(31)17-24-10-6-16-34-24/h2-16,19,26H,17-18H2,1H3,(H,29,32)/t26-/m1/s1. The second-order valence-electron chi connectivity index (χ2n) is 7.61. The van der Waals surface area contributed by atoms with Crippen LogP contribution in [0.2, 0.25) is 0 Å². The van der Waals surface area contributed by atoms with Gasteiger partial charge in [-0.15, -0.1) is 11.3 Å². The van der Waals surface area contributed by atoms with Gasteiger partial charge in [0.15, 0.2) is 0 Å². The number of benzene rings is 2. The number of anilines is 1. The Bertz CT molecular complexity index is 1200. The quantitative estimate of drug-likeness (QED) is 0.381. The highest BCUT2D eigenvalue weighted by Gasteiger charge is 2.32. The van der Waals surface area contributed by atoms with Crippen LogP contribution in [0.1, 0.15) is 22.0 Å². The van der Waals surface area contributed by atoms with Crippen molar-refractivity contribution in [1.82, 2.24) is 10.3 Å². The lowest BCUT2D eigenvalue weighted by atomic mass is 10.0. The molecule has 6 nitrogen and oxygen atoms in total. The number of nitrogens with zero attached hydrogens (tertiary/aromatic N) is 2. The summed E-state index contributed by atoms with van der Waals surface area (Å²) in [5, 5.41) is 4.95. The number of methoxy groups -OCH3 is 1. The van der Waals surface area contributed by atoms with Crippen LogP contribution in [0.25, 0.3) is 0 Å². The van der Waals surface area contributed by atoms with E-state index in [4.69, 9.17) is 4.74 Å². The minimum atomic E-state index is -0.851. The van der Waals surface area contributed by atoms with Crippen molar-refractivity contribution in [3.63, 3.8) is 0 Å². The van der Waals surface area contributed by atoms with E-state index >= 15 is 0 Å². The molecule has 0 bridgehead atoms. The molecule has 2 amide bonds. The normalized spacial score (nSPS) is 11.4. The average Bonchev–Trinajstić information content (AvgIpc) is 3.40. The summed E-state index contributed by atoms with van der Waals surface area (Å²) >= 11 is 1.52. The maximum atomic E-state index is 13.6. The van der Waals surface area contributed by atoms with E-state index in [0.29, 0.717) is 12.2 Å². The molecule has 0 fully saturated rings. The van der Waals surface area contributed by atoms with Crippen LogP contribution in [0.3, 0.4) is 0 Å². The van der Waals surface area contributed by atoms with E-state index in [1.165, 1.54) is 11.3 Å². The van der Waals surface area contributed by atoms with Crippen LogP contribution < -0.4 is 15.0 Å². The van der Waals surface area contributed by atoms with Gasteiger partial charge >= 0.3 is 0 Å². The topological polar surface area (TPSA) is 71.5 Å². The smallest absolute Gasteiger partial charge is 0.248 e. The van der Waals surface area contributed by atoms with Crippen LogP contribution in [-0.2, 0) is 22.6 Å². The maximum Gasteiger partial charge on any atom is 0.248 e. The summed E-state index contributed by atoms with van der Waals surface area (Å²) in [7, 11) is 1.61. The van der Waals surface area contributed by atoms with Gasteiger partial charge in [-0.25, -0.2) is 0 Å². The molecule has 0 aliphatic heterocycles. The predicted octanol–water partition coefficient (Wildman–Crippen LogP) is 4.79. The number of carbonyl (C=O) groups is 2. The van der Waals surface area contributed by atoms with Crippen molar-refractivity contribution < 1.29 is 14.3 Å². The number of rotatable bonds is 9. The van der Waals surface area contributed by atoms with Crippen molar-refractivity contribution in [2.75, 3.05) is 12.0 Å². The van der Waals surface area contributed by atoms with Gasteiger partial charge in [0.25, 0.3) is 0 Å². The van der Waals surface area contributed by atoms with Crippen LogP contribution in [-0.4, -0.2) is 23.9 Å². The maximum absolute atomic E-state index is 13.6. The summed E-state index contributed by atoms with van der Waals surface area (Å²) in [6.45, 7) is 0.326. The summed E-state index contributed by atoms with van der Waals surface area (Å²) in [5.74, 6) is 0.300. The number of hydrogen-bond donors (Lipinski definition) is 1. The van der Waals surface area contributed by atoms with E-state index in [0.717, 1.165) is 21.8 Å². The van der Waals surface area contributed by atoms with Crippen molar-refractivity contribution >= 4 is 28.8 Å². The molecule has 4 rings (SSSR count). The molecule has 2 aromatic heterocycles. The molecule has 0 spiro atoms. The van der Waals surface area contributed by atoms with E-state index in [9.17, 15) is 9.59 Å². The molecule has 1 N–H and O–H groups in total. The first-order valence-corrected chi connectivity index (χ1v) is 11.7. The zero-order valence-corrected chi connectivity index (χ0v) is 19.6. The lowest BCUT2D eigenvalue weighted by Gasteiger charge is -2.31. The lowest BCUT2D eigenvalue weighted by Crippen LogP contribution is -2.44. The molecule has 2 heterocycles. The minimum Gasteiger partial charge on any atom is -0.497 e. The van der Waals surface area contributed by atoms with Gasteiger partial charge in [0.1, 0.15) is 11.8 Å². The minimum absolute atomic E-state index is 0.177. The summed E-state index contributed by atoms with van der Waals surface area (Å²) in [6.07, 6.45) is 3.45. The fourth-order valence-electron chi connectivity index (χ4n) is 3.66. The third kappa shape index (κ3) is 5.68. The van der Waals surface area contributed by atoms with Crippen molar-refractivity contribution in [1.29, 1.82) is 0 Å². The zero-order chi connectivity index (χ0) is 23.8. The van der Waals surface area contributed by atoms with E-state index < -0.39 is 6.04 Å². The van der Waals surface area contributed by atoms with Crippen LogP contribution in [0.4, 0.5) is 5.69 Å². The molecule has 172 valence electrons. The van der Waals surface area contributed by atoms with Gasteiger partial charge in [-0.3, -0.25) is 19.5 Å². The second kappa shape index (κ2) is 11.2. The summed E-state index contributed by atoms with van der Waals surface area (Å²) in [5.41, 5.74) is 2.22. The molecular formula is C27H25N3O3S. The number of aromatic nitrogens is 1. The number of carbonyl (C=O) groups excluding carboxylic acids is 2. The summed E-state index contributed by atoms with van der Waals surface area (Å²) < 4.78 is 5.20. The van der Waals surface area contributed by atoms with Gasteiger partial charge in [0.2, 0.25) is 11.8 Å². The summed E-state index contributed by atoms with van der Waals surface area (Å²) in [6, 6.07) is 23.4. The van der Waals surface area contributed by atoms with Gasteiger partial charge in [-0.05, 0) is 46.8 Å². The zero-order valence-electron chi connectivity index (χ0n) is 18.8. The highest BCUT2D eigenvalue weighted by atomic mass is 32.1. The molecule has 34 heavy (non-hydrogen) atoms. The molecular weight excluding hydrogens is 446 g/mol. The van der Waals surface area contributed by atoms with E-state index in [2.05, 4.69) is 10.3 Å². The second-order valence-corrected chi connectivity index (χ2v) is 8.64. The number of pyridine rings is 1. The fraction of sp³-hybridized carbons (Fsp3) is 0.148. The van der Waals surface area contributed by atoms with Gasteiger partial charge in [0, 0.05) is 17.6 Å². The molecule has 7 heteroatoms. The van der Waals surface area contributed by atoms with Crippen molar-refractivity contribution in [3.05, 3.63) is 113 Å². The Morgan fingerprint density at radius 1 is 1.00 bits per heavy atom. The number of ether oxygens (including phenoxy) is 1. The highest BCUT2D eigenvalue weighted by Crippen LogP contribution is 2.29. The summed E-state index contributed by atoms with van der Waals surface area (Å²) in [4.78, 5) is 33.9. The monoisotopic (exact) mass is 471 g/mol. The molecule has 4 aromatic rings. The van der Waals surface area contributed by atoms with E-state index in [1.807, 2.05) is 72.1 Å². The lowest BCUT2D eigenvalue weighted by molar-refractivity contribution is -0.126. The predicted molar refractivity (Wildman–Crippen MR) is 134 cm³/mol. The van der Waals surface area contributed by atoms with Crippen molar-refractivity contribution in [2.24, 2.45) is 0 Å². The number of thiophene rings is 1. The number of amides is 2. The Hall–Kier alpha value is -3.97. The highest BCUT2D eigenvalue weighted by molar-refractivity contribution is 7.10. The van der Waals surface area contributed by atoms with Crippen molar-refractivity contribution in [3.8, 4) is 5.75 Å². The van der Waals surface area contributed by atoms with Gasteiger partial charge in [0.05, 0.1) is 25.4 Å². The Kier molecular flexibility index (Phi) is 7.67. The van der Waals surface area contributed by atoms with Gasteiger partial charge in [-0.1, -0.05) is 48.5 Å². The molecule has 2 aromatic carbocycles. The SMILES string of the molecule is COc1ccc(CNC(=O)[C@@H](c2ccccc2)N(C(=O)Cc2cccs2)c2cccnc2)cc1.